The minimum Gasteiger partial charge on any atom is -0.480 e. The van der Waals surface area contributed by atoms with Gasteiger partial charge in [-0.05, 0) is 38.8 Å². The number of aromatic nitrogens is 1. The molecule has 3 heterocycles. The van der Waals surface area contributed by atoms with Crippen LogP contribution in [0.1, 0.15) is 42.5 Å². The normalized spacial score (nSPS) is 27.5. The molecule has 2 aliphatic rings. The van der Waals surface area contributed by atoms with Crippen molar-refractivity contribution in [3.05, 3.63) is 16.7 Å². The van der Waals surface area contributed by atoms with Gasteiger partial charge in [0, 0.05) is 18.1 Å². The maximum atomic E-state index is 12.6. The maximum Gasteiger partial charge on any atom is 0.257 e. The second-order valence-corrected chi connectivity index (χ2v) is 6.87. The lowest BCUT2D eigenvalue weighted by molar-refractivity contribution is 0.0462. The van der Waals surface area contributed by atoms with E-state index in [4.69, 9.17) is 22.1 Å². The summed E-state index contributed by atoms with van der Waals surface area (Å²) in [6.45, 7) is 0. The van der Waals surface area contributed by atoms with Crippen LogP contribution in [0.5, 0.6) is 5.88 Å². The zero-order valence-electron chi connectivity index (χ0n) is 13.5. The van der Waals surface area contributed by atoms with Gasteiger partial charge in [0.2, 0.25) is 5.88 Å². The van der Waals surface area contributed by atoms with Gasteiger partial charge in [-0.3, -0.25) is 4.79 Å². The van der Waals surface area contributed by atoms with Crippen LogP contribution in [0.25, 0.3) is 0 Å². The van der Waals surface area contributed by atoms with Gasteiger partial charge < -0.3 is 20.7 Å². The summed E-state index contributed by atoms with van der Waals surface area (Å²) in [6, 6.07) is 2.81. The minimum absolute atomic E-state index is 0.161. The van der Waals surface area contributed by atoms with Crippen LogP contribution in [0, 0.1) is 0 Å². The van der Waals surface area contributed by atoms with Crippen molar-refractivity contribution >= 4 is 23.3 Å². The van der Waals surface area contributed by atoms with Gasteiger partial charge in [0.15, 0.2) is 0 Å². The Morgan fingerprint density at radius 2 is 2.09 bits per heavy atom. The summed E-state index contributed by atoms with van der Waals surface area (Å²) in [6.07, 6.45) is 5.66. The third-order valence-electron chi connectivity index (χ3n) is 5.08. The number of carbonyl (C=O) groups excluding carboxylic acids is 1. The number of hydrogen-bond acceptors (Lipinski definition) is 5. The van der Waals surface area contributed by atoms with Crippen molar-refractivity contribution < 1.29 is 9.53 Å². The number of nitrogens with two attached hydrogens (primary N) is 1. The van der Waals surface area contributed by atoms with Crippen LogP contribution in [0.3, 0.4) is 0 Å². The summed E-state index contributed by atoms with van der Waals surface area (Å²) in [4.78, 5) is 19.1. The number of piperidine rings is 2. The number of anilines is 1. The summed E-state index contributed by atoms with van der Waals surface area (Å²) in [7, 11) is 3.66. The molecule has 3 atom stereocenters. The van der Waals surface area contributed by atoms with Gasteiger partial charge >= 0.3 is 0 Å². The molecule has 0 saturated carbocycles. The Bertz CT molecular complexity index is 596. The molecule has 2 bridgehead atoms. The summed E-state index contributed by atoms with van der Waals surface area (Å²) in [5.74, 6) is 0.162. The zero-order chi connectivity index (χ0) is 16.6. The average molecular weight is 339 g/mol. The van der Waals surface area contributed by atoms with Crippen molar-refractivity contribution in [2.75, 3.05) is 19.9 Å². The van der Waals surface area contributed by atoms with E-state index in [-0.39, 0.29) is 28.7 Å². The molecule has 2 saturated heterocycles. The Morgan fingerprint density at radius 1 is 1.43 bits per heavy atom. The molecule has 7 heteroatoms. The van der Waals surface area contributed by atoms with Crippen molar-refractivity contribution in [3.63, 3.8) is 0 Å². The lowest BCUT2D eigenvalue weighted by Gasteiger charge is -2.47. The molecule has 6 nitrogen and oxygen atoms in total. The Morgan fingerprint density at radius 3 is 2.70 bits per heavy atom. The number of nitrogens with zero attached hydrogens (tertiary/aromatic N) is 2. The number of nitrogen functional groups attached to an aromatic ring is 1. The third-order valence-corrected chi connectivity index (χ3v) is 5.38. The first kappa shape index (κ1) is 16.3. The smallest absolute Gasteiger partial charge is 0.257 e. The number of halogens is 1. The highest BCUT2D eigenvalue weighted by molar-refractivity contribution is 6.33. The van der Waals surface area contributed by atoms with E-state index in [1.165, 1.54) is 32.4 Å². The van der Waals surface area contributed by atoms with Crippen molar-refractivity contribution in [2.45, 2.75) is 50.2 Å². The molecule has 126 valence electrons. The van der Waals surface area contributed by atoms with E-state index in [1.807, 2.05) is 0 Å². The largest absolute Gasteiger partial charge is 0.480 e. The van der Waals surface area contributed by atoms with E-state index < -0.39 is 0 Å². The summed E-state index contributed by atoms with van der Waals surface area (Å²) in [5, 5.41) is 3.38. The first-order valence-corrected chi connectivity index (χ1v) is 8.40. The minimum atomic E-state index is -0.205. The fourth-order valence-corrected chi connectivity index (χ4v) is 3.95. The summed E-state index contributed by atoms with van der Waals surface area (Å²) in [5.41, 5.74) is 6.00. The molecule has 3 N–H and O–H groups in total. The fourth-order valence-electron chi connectivity index (χ4n) is 3.80. The highest BCUT2D eigenvalue weighted by Crippen LogP contribution is 2.33. The maximum absolute atomic E-state index is 12.6. The van der Waals surface area contributed by atoms with Gasteiger partial charge in [-0.15, -0.1) is 0 Å². The predicted octanol–water partition coefficient (Wildman–Crippen LogP) is 2.07. The van der Waals surface area contributed by atoms with Crippen molar-refractivity contribution in [1.29, 1.82) is 0 Å². The first-order chi connectivity index (χ1) is 11.0. The second kappa shape index (κ2) is 6.53. The van der Waals surface area contributed by atoms with E-state index in [2.05, 4.69) is 22.2 Å². The molecule has 23 heavy (non-hydrogen) atoms. The van der Waals surface area contributed by atoms with Crippen LogP contribution in [0.2, 0.25) is 5.02 Å². The Balaban J connectivity index is 1.74. The zero-order valence-corrected chi connectivity index (χ0v) is 14.3. The topological polar surface area (TPSA) is 80.5 Å². The van der Waals surface area contributed by atoms with Crippen LogP contribution in [0.4, 0.5) is 5.82 Å². The molecule has 0 aliphatic carbocycles. The number of methoxy groups -OCH3 is 1. The molecule has 3 rings (SSSR count). The Hall–Kier alpha value is -1.53. The highest BCUT2D eigenvalue weighted by Gasteiger charge is 2.36. The van der Waals surface area contributed by atoms with Crippen LogP contribution < -0.4 is 15.8 Å². The monoisotopic (exact) mass is 338 g/mol. The third kappa shape index (κ3) is 3.23. The number of fused-ring (bicyclic) bond motifs is 2. The van der Waals surface area contributed by atoms with Gasteiger partial charge in [0.05, 0.1) is 12.1 Å². The van der Waals surface area contributed by atoms with Crippen molar-refractivity contribution in [1.82, 2.24) is 15.2 Å². The summed E-state index contributed by atoms with van der Waals surface area (Å²) < 4.78 is 5.16. The van der Waals surface area contributed by atoms with Gasteiger partial charge in [0.25, 0.3) is 5.91 Å². The standard InChI is InChI=1S/C16H23ClN4O2/c1-21-10-4-3-5-11(21)7-9(6-10)19-15(22)12-8-13(17)14(18)20-16(12)23-2/h8-11H,3-7H2,1-2H3,(H2,18,20)(H,19,22)/t9?,10-,11+. The van der Waals surface area contributed by atoms with E-state index in [0.29, 0.717) is 17.6 Å². The van der Waals surface area contributed by atoms with Gasteiger partial charge in [-0.25, -0.2) is 0 Å². The first-order valence-electron chi connectivity index (χ1n) is 8.02. The number of ether oxygens (including phenoxy) is 1. The molecule has 1 aromatic heterocycles. The Kier molecular flexibility index (Phi) is 4.64. The Labute approximate surface area is 141 Å². The molecule has 1 amide bonds. The molecule has 0 aromatic carbocycles. The predicted molar refractivity (Wildman–Crippen MR) is 89.9 cm³/mol. The highest BCUT2D eigenvalue weighted by atomic mass is 35.5. The molecule has 1 aromatic rings. The lowest BCUT2D eigenvalue weighted by Crippen LogP contribution is -2.55. The molecular weight excluding hydrogens is 316 g/mol. The summed E-state index contributed by atoms with van der Waals surface area (Å²) >= 11 is 6.00. The number of hydrogen-bond donors (Lipinski definition) is 2. The van der Waals surface area contributed by atoms with Gasteiger partial charge in [0.1, 0.15) is 11.4 Å². The van der Waals surface area contributed by atoms with E-state index in [9.17, 15) is 4.79 Å². The molecular formula is C16H23ClN4O2. The number of rotatable bonds is 3. The molecule has 1 unspecified atom stereocenters. The SMILES string of the molecule is COc1nc(N)c(Cl)cc1C(=O)NC1C[C@H]2CCC[C@@H](C1)N2C. The number of pyridine rings is 1. The molecule has 2 fully saturated rings. The number of amides is 1. The van der Waals surface area contributed by atoms with Crippen LogP contribution in [-0.2, 0) is 0 Å². The van der Waals surface area contributed by atoms with Gasteiger partial charge in [-0.2, -0.15) is 4.98 Å². The number of nitrogens with one attached hydrogen (secondary N) is 1. The molecule has 0 radical (unpaired) electrons. The van der Waals surface area contributed by atoms with E-state index >= 15 is 0 Å². The molecule has 2 aliphatic heterocycles. The second-order valence-electron chi connectivity index (χ2n) is 6.46. The van der Waals surface area contributed by atoms with Crippen LogP contribution >= 0.6 is 11.6 Å². The van der Waals surface area contributed by atoms with E-state index in [1.54, 1.807) is 0 Å². The van der Waals surface area contributed by atoms with Crippen molar-refractivity contribution in [3.8, 4) is 5.88 Å². The molecule has 0 spiro atoms. The van der Waals surface area contributed by atoms with Crippen LogP contribution in [-0.4, -0.2) is 48.1 Å². The number of carbonyl (C=O) groups is 1. The average Bonchev–Trinajstić information content (AvgIpc) is 2.50. The fraction of sp³-hybridized carbons (Fsp3) is 0.625. The lowest BCUT2D eigenvalue weighted by atomic mass is 9.82. The van der Waals surface area contributed by atoms with Gasteiger partial charge in [-0.1, -0.05) is 18.0 Å². The quantitative estimate of drug-likeness (QED) is 0.882. The van der Waals surface area contributed by atoms with Crippen LogP contribution in [0.15, 0.2) is 6.07 Å². The van der Waals surface area contributed by atoms with E-state index in [0.717, 1.165) is 12.8 Å². The van der Waals surface area contributed by atoms with Crippen molar-refractivity contribution in [2.24, 2.45) is 0 Å².